The molecule has 1 fully saturated rings. The zero-order chi connectivity index (χ0) is 22.3. The SMILES string of the molecule is CCC(C)S(=O)(=O)N(c1ccc2occ(C3CCN(C(C)(C)C)CC3)c2c1)C(C)C. The number of furan rings is 1. The van der Waals surface area contributed by atoms with Gasteiger partial charge in [-0.3, -0.25) is 9.21 Å². The van der Waals surface area contributed by atoms with Gasteiger partial charge < -0.3 is 4.42 Å². The van der Waals surface area contributed by atoms with Crippen LogP contribution in [-0.4, -0.2) is 43.2 Å². The first-order valence-corrected chi connectivity index (χ1v) is 12.8. The van der Waals surface area contributed by atoms with Crippen molar-refractivity contribution in [3.05, 3.63) is 30.0 Å². The normalized spacial score (nSPS) is 18.3. The standard InChI is InChI=1S/C24H38N2O3S/c1-8-18(4)30(27,28)26(17(2)3)20-9-10-23-21(15-20)22(16-29-23)19-11-13-25(14-12-19)24(5,6)7/h9-10,15-19H,8,11-14H2,1-7H3. The molecule has 168 valence electrons. The fourth-order valence-electron chi connectivity index (χ4n) is 4.49. The summed E-state index contributed by atoms with van der Waals surface area (Å²) in [4.78, 5) is 2.54. The van der Waals surface area contributed by atoms with Crippen molar-refractivity contribution < 1.29 is 12.8 Å². The lowest BCUT2D eigenvalue weighted by atomic mass is 9.87. The van der Waals surface area contributed by atoms with E-state index in [1.165, 1.54) is 5.56 Å². The molecule has 2 aromatic rings. The molecule has 30 heavy (non-hydrogen) atoms. The van der Waals surface area contributed by atoms with Crippen molar-refractivity contribution in [1.29, 1.82) is 0 Å². The molecule has 6 heteroatoms. The average Bonchev–Trinajstić information content (AvgIpc) is 3.09. The molecule has 1 unspecified atom stereocenters. The lowest BCUT2D eigenvalue weighted by molar-refractivity contribution is 0.102. The second-order valence-electron chi connectivity index (χ2n) is 9.96. The monoisotopic (exact) mass is 434 g/mol. The van der Waals surface area contributed by atoms with Crippen LogP contribution in [0, 0.1) is 0 Å². The number of fused-ring (bicyclic) bond motifs is 1. The maximum atomic E-state index is 13.2. The molecule has 0 bridgehead atoms. The van der Waals surface area contributed by atoms with Crippen molar-refractivity contribution in [2.24, 2.45) is 0 Å². The molecule has 5 nitrogen and oxygen atoms in total. The molecule has 1 aromatic heterocycles. The summed E-state index contributed by atoms with van der Waals surface area (Å²) in [5.74, 6) is 0.443. The van der Waals surface area contributed by atoms with Crippen molar-refractivity contribution in [2.45, 2.75) is 90.5 Å². The number of likely N-dealkylation sites (tertiary alicyclic amines) is 1. The fraction of sp³-hybridized carbons (Fsp3) is 0.667. The van der Waals surface area contributed by atoms with Crippen LogP contribution in [-0.2, 0) is 10.0 Å². The molecule has 1 saturated heterocycles. The van der Waals surface area contributed by atoms with Crippen LogP contribution in [0.1, 0.15) is 79.2 Å². The summed E-state index contributed by atoms with van der Waals surface area (Å²) in [6.07, 6.45) is 4.66. The highest BCUT2D eigenvalue weighted by Crippen LogP contribution is 2.38. The number of benzene rings is 1. The third-order valence-corrected chi connectivity index (χ3v) is 9.08. The summed E-state index contributed by atoms with van der Waals surface area (Å²) in [6, 6.07) is 5.66. The number of rotatable bonds is 6. The van der Waals surface area contributed by atoms with Crippen molar-refractivity contribution >= 4 is 26.7 Å². The van der Waals surface area contributed by atoms with Gasteiger partial charge in [0.05, 0.1) is 17.2 Å². The molecule has 3 rings (SSSR count). The number of piperidine rings is 1. The third-order valence-electron chi connectivity index (χ3n) is 6.55. The van der Waals surface area contributed by atoms with E-state index in [1.807, 2.05) is 45.2 Å². The molecule has 0 amide bonds. The highest BCUT2D eigenvalue weighted by molar-refractivity contribution is 7.93. The summed E-state index contributed by atoms with van der Waals surface area (Å²) >= 11 is 0. The van der Waals surface area contributed by atoms with Crippen LogP contribution < -0.4 is 4.31 Å². The number of nitrogens with zero attached hydrogens (tertiary/aromatic N) is 2. The molecule has 1 atom stereocenters. The van der Waals surface area contributed by atoms with Gasteiger partial charge in [-0.25, -0.2) is 8.42 Å². The van der Waals surface area contributed by atoms with Gasteiger partial charge in [-0.15, -0.1) is 0 Å². The Balaban J connectivity index is 1.95. The first kappa shape index (κ1) is 23.1. The highest BCUT2D eigenvalue weighted by Gasteiger charge is 2.32. The Hall–Kier alpha value is -1.53. The Morgan fingerprint density at radius 1 is 1.17 bits per heavy atom. The van der Waals surface area contributed by atoms with E-state index >= 15 is 0 Å². The van der Waals surface area contributed by atoms with Crippen LogP contribution in [0.2, 0.25) is 0 Å². The minimum Gasteiger partial charge on any atom is -0.464 e. The van der Waals surface area contributed by atoms with Gasteiger partial charge in [-0.05, 0) is 98.0 Å². The van der Waals surface area contributed by atoms with Crippen LogP contribution in [0.5, 0.6) is 0 Å². The predicted molar refractivity (Wildman–Crippen MR) is 126 cm³/mol. The van der Waals surface area contributed by atoms with Crippen molar-refractivity contribution in [3.8, 4) is 0 Å². The number of sulfonamides is 1. The van der Waals surface area contributed by atoms with Gasteiger partial charge >= 0.3 is 0 Å². The summed E-state index contributed by atoms with van der Waals surface area (Å²) in [7, 11) is -3.42. The second kappa shape index (κ2) is 8.54. The van der Waals surface area contributed by atoms with Crippen molar-refractivity contribution in [2.75, 3.05) is 17.4 Å². The quantitative estimate of drug-likeness (QED) is 0.580. The van der Waals surface area contributed by atoms with Crippen molar-refractivity contribution in [1.82, 2.24) is 4.90 Å². The minimum atomic E-state index is -3.42. The van der Waals surface area contributed by atoms with Gasteiger partial charge in [-0.1, -0.05) is 6.92 Å². The Labute approximate surface area is 182 Å². The predicted octanol–water partition coefficient (Wildman–Crippen LogP) is 5.75. The van der Waals surface area contributed by atoms with E-state index in [1.54, 1.807) is 11.2 Å². The van der Waals surface area contributed by atoms with Gasteiger partial charge in [0.1, 0.15) is 5.58 Å². The lowest BCUT2D eigenvalue weighted by Gasteiger charge is -2.40. The van der Waals surface area contributed by atoms with Crippen LogP contribution in [0.4, 0.5) is 5.69 Å². The average molecular weight is 435 g/mol. The summed E-state index contributed by atoms with van der Waals surface area (Å²) in [6.45, 7) is 16.5. The van der Waals surface area contributed by atoms with Crippen LogP contribution >= 0.6 is 0 Å². The van der Waals surface area contributed by atoms with E-state index in [0.717, 1.165) is 42.6 Å². The Morgan fingerprint density at radius 2 is 1.80 bits per heavy atom. The molecule has 1 aromatic carbocycles. The topological polar surface area (TPSA) is 53.8 Å². The van der Waals surface area contributed by atoms with E-state index in [9.17, 15) is 8.42 Å². The van der Waals surface area contributed by atoms with Crippen molar-refractivity contribution in [3.63, 3.8) is 0 Å². The maximum absolute atomic E-state index is 13.2. The second-order valence-corrected chi connectivity index (χ2v) is 12.2. The Morgan fingerprint density at radius 3 is 2.33 bits per heavy atom. The first-order chi connectivity index (χ1) is 14.0. The Bertz CT molecular complexity index is 964. The summed E-state index contributed by atoms with van der Waals surface area (Å²) in [5, 5.41) is 0.632. The van der Waals surface area contributed by atoms with E-state index < -0.39 is 15.3 Å². The van der Waals surface area contributed by atoms with E-state index in [0.29, 0.717) is 12.3 Å². The van der Waals surface area contributed by atoms with E-state index in [4.69, 9.17) is 4.42 Å². The molecule has 1 aliphatic heterocycles. The molecule has 0 radical (unpaired) electrons. The smallest absolute Gasteiger partial charge is 0.237 e. The maximum Gasteiger partial charge on any atom is 0.237 e. The molecule has 0 N–H and O–H groups in total. The van der Waals surface area contributed by atoms with Gasteiger partial charge in [0.25, 0.3) is 0 Å². The van der Waals surface area contributed by atoms with Crippen LogP contribution in [0.25, 0.3) is 11.0 Å². The largest absolute Gasteiger partial charge is 0.464 e. The zero-order valence-electron chi connectivity index (χ0n) is 19.6. The highest BCUT2D eigenvalue weighted by atomic mass is 32.2. The molecule has 2 heterocycles. The molecule has 0 spiro atoms. The zero-order valence-corrected chi connectivity index (χ0v) is 20.4. The number of hydrogen-bond donors (Lipinski definition) is 0. The van der Waals surface area contributed by atoms with Gasteiger partial charge in [-0.2, -0.15) is 0 Å². The summed E-state index contributed by atoms with van der Waals surface area (Å²) < 4.78 is 33.8. The number of hydrogen-bond acceptors (Lipinski definition) is 4. The van der Waals surface area contributed by atoms with Crippen LogP contribution in [0.15, 0.2) is 28.9 Å². The molecular formula is C24H38N2O3S. The fourth-order valence-corrected chi connectivity index (χ4v) is 6.30. The lowest BCUT2D eigenvalue weighted by Crippen LogP contribution is -2.45. The van der Waals surface area contributed by atoms with E-state index in [-0.39, 0.29) is 11.6 Å². The Kier molecular flexibility index (Phi) is 6.59. The molecule has 0 saturated carbocycles. The molecule has 1 aliphatic rings. The van der Waals surface area contributed by atoms with Gasteiger partial charge in [0.15, 0.2) is 0 Å². The minimum absolute atomic E-state index is 0.146. The molecule has 0 aliphatic carbocycles. The molecular weight excluding hydrogens is 396 g/mol. The first-order valence-electron chi connectivity index (χ1n) is 11.3. The van der Waals surface area contributed by atoms with E-state index in [2.05, 4.69) is 25.7 Å². The van der Waals surface area contributed by atoms with Crippen LogP contribution in [0.3, 0.4) is 0 Å². The third kappa shape index (κ3) is 4.40. The van der Waals surface area contributed by atoms with Gasteiger partial charge in [0.2, 0.25) is 10.0 Å². The summed E-state index contributed by atoms with van der Waals surface area (Å²) in [5.41, 5.74) is 2.97. The van der Waals surface area contributed by atoms with Gasteiger partial charge in [0, 0.05) is 22.5 Å². The number of anilines is 1.